The molecule has 0 saturated heterocycles. The van der Waals surface area contributed by atoms with Gasteiger partial charge in [-0.05, 0) is 36.4 Å². The Kier molecular flexibility index (Phi) is 6.47. The van der Waals surface area contributed by atoms with Crippen molar-refractivity contribution in [1.29, 1.82) is 0 Å². The molecule has 33 heavy (non-hydrogen) atoms. The molecule has 0 atom stereocenters. The predicted octanol–water partition coefficient (Wildman–Crippen LogP) is 6.29. The van der Waals surface area contributed by atoms with Crippen LogP contribution in [0.2, 0.25) is 10.0 Å². The number of rotatable bonds is 6. The van der Waals surface area contributed by atoms with Gasteiger partial charge in [-0.1, -0.05) is 83.9 Å². The van der Waals surface area contributed by atoms with E-state index in [1.165, 1.54) is 36.4 Å². The molecular formula is C26H16Cl2O4S. The van der Waals surface area contributed by atoms with Gasteiger partial charge >= 0.3 is 0 Å². The van der Waals surface area contributed by atoms with Gasteiger partial charge < -0.3 is 0 Å². The number of carbonyl (C=O) groups excluding carboxylic acids is 2. The normalized spacial score (nSPS) is 11.2. The second-order valence-electron chi connectivity index (χ2n) is 7.17. The third-order valence-electron chi connectivity index (χ3n) is 5.02. The first-order valence-electron chi connectivity index (χ1n) is 9.83. The summed E-state index contributed by atoms with van der Waals surface area (Å²) < 4.78 is 27.6. The quantitative estimate of drug-likeness (QED) is 0.295. The fourth-order valence-corrected chi connectivity index (χ4v) is 5.39. The number of sulfone groups is 1. The topological polar surface area (TPSA) is 68.3 Å². The first-order valence-corrected chi connectivity index (χ1v) is 12.1. The third-order valence-corrected chi connectivity index (χ3v) is 7.36. The SMILES string of the molecule is O=C(c1ccccc1)c1cc(Cl)ccc1S(=O)(=O)c1ccc(Cl)cc1C(=O)c1ccccc1. The van der Waals surface area contributed by atoms with Crippen molar-refractivity contribution in [1.82, 2.24) is 0 Å². The highest BCUT2D eigenvalue weighted by molar-refractivity contribution is 7.91. The van der Waals surface area contributed by atoms with Crippen LogP contribution in [0, 0.1) is 0 Å². The fourth-order valence-electron chi connectivity index (χ4n) is 3.44. The molecule has 4 rings (SSSR count). The molecule has 0 saturated carbocycles. The summed E-state index contributed by atoms with van der Waals surface area (Å²) in [6.45, 7) is 0. The van der Waals surface area contributed by atoms with Gasteiger partial charge in [0.05, 0.1) is 9.79 Å². The summed E-state index contributed by atoms with van der Waals surface area (Å²) in [5, 5.41) is 0.426. The minimum absolute atomic E-state index is 0.0817. The van der Waals surface area contributed by atoms with Crippen molar-refractivity contribution in [3.8, 4) is 0 Å². The van der Waals surface area contributed by atoms with Gasteiger partial charge in [-0.2, -0.15) is 0 Å². The van der Waals surface area contributed by atoms with Crippen LogP contribution in [-0.2, 0) is 9.84 Å². The van der Waals surface area contributed by atoms with E-state index < -0.39 is 21.4 Å². The molecule has 7 heteroatoms. The minimum atomic E-state index is -4.30. The molecule has 0 unspecified atom stereocenters. The van der Waals surface area contributed by atoms with Crippen LogP contribution < -0.4 is 0 Å². The van der Waals surface area contributed by atoms with Crippen LogP contribution in [0.15, 0.2) is 107 Å². The second kappa shape index (κ2) is 9.32. The molecule has 0 heterocycles. The first kappa shape index (κ1) is 22.9. The third kappa shape index (κ3) is 4.62. The molecular weight excluding hydrogens is 479 g/mol. The summed E-state index contributed by atoms with van der Waals surface area (Å²) >= 11 is 12.2. The highest BCUT2D eigenvalue weighted by Gasteiger charge is 2.30. The van der Waals surface area contributed by atoms with Crippen molar-refractivity contribution in [2.45, 2.75) is 9.79 Å². The van der Waals surface area contributed by atoms with E-state index in [4.69, 9.17) is 23.2 Å². The molecule has 0 radical (unpaired) electrons. The molecule has 0 aromatic heterocycles. The Labute approximate surface area is 201 Å². The molecule has 0 spiro atoms. The number of hydrogen-bond acceptors (Lipinski definition) is 4. The molecule has 4 aromatic rings. The van der Waals surface area contributed by atoms with Crippen LogP contribution in [0.1, 0.15) is 31.8 Å². The van der Waals surface area contributed by atoms with Crippen LogP contribution in [0.4, 0.5) is 0 Å². The lowest BCUT2D eigenvalue weighted by Gasteiger charge is -2.14. The van der Waals surface area contributed by atoms with Crippen LogP contribution in [0.3, 0.4) is 0 Å². The molecule has 4 nitrogen and oxygen atoms in total. The number of benzene rings is 4. The van der Waals surface area contributed by atoms with Gasteiger partial charge in [-0.25, -0.2) is 8.42 Å². The Bertz CT molecular complexity index is 1360. The Morgan fingerprint density at radius 1 is 0.545 bits per heavy atom. The average molecular weight is 495 g/mol. The van der Waals surface area contributed by atoms with E-state index >= 15 is 0 Å². The summed E-state index contributed by atoms with van der Waals surface area (Å²) in [6.07, 6.45) is 0. The van der Waals surface area contributed by atoms with Gasteiger partial charge in [0.25, 0.3) is 0 Å². The smallest absolute Gasteiger partial charge is 0.208 e. The monoisotopic (exact) mass is 494 g/mol. The molecule has 0 aliphatic heterocycles. The fraction of sp³-hybridized carbons (Fsp3) is 0. The lowest BCUT2D eigenvalue weighted by Crippen LogP contribution is -2.15. The Morgan fingerprint density at radius 3 is 1.27 bits per heavy atom. The van der Waals surface area contributed by atoms with Gasteiger partial charge in [0, 0.05) is 32.3 Å². The summed E-state index contributed by atoms with van der Waals surface area (Å²) in [5.41, 5.74) is 0.462. The molecule has 164 valence electrons. The lowest BCUT2D eigenvalue weighted by atomic mass is 10.0. The zero-order chi connectivity index (χ0) is 23.6. The van der Waals surface area contributed by atoms with E-state index in [9.17, 15) is 18.0 Å². The summed E-state index contributed by atoms with van der Waals surface area (Å²) in [7, 11) is -4.30. The van der Waals surface area contributed by atoms with Crippen molar-refractivity contribution in [2.75, 3.05) is 0 Å². The highest BCUT2D eigenvalue weighted by Crippen LogP contribution is 2.32. The molecule has 4 aromatic carbocycles. The van der Waals surface area contributed by atoms with E-state index in [0.717, 1.165) is 0 Å². The molecule has 0 amide bonds. The molecule has 0 bridgehead atoms. The Morgan fingerprint density at radius 2 is 0.909 bits per heavy atom. The lowest BCUT2D eigenvalue weighted by molar-refractivity contribution is 0.102. The summed E-state index contributed by atoms with van der Waals surface area (Å²) in [5.74, 6) is -0.997. The number of carbonyl (C=O) groups is 2. The van der Waals surface area contributed by atoms with Crippen LogP contribution in [-0.4, -0.2) is 20.0 Å². The van der Waals surface area contributed by atoms with Gasteiger partial charge in [-0.15, -0.1) is 0 Å². The van der Waals surface area contributed by atoms with Crippen molar-refractivity contribution in [3.63, 3.8) is 0 Å². The van der Waals surface area contributed by atoms with Crippen LogP contribution >= 0.6 is 23.2 Å². The second-order valence-corrected chi connectivity index (χ2v) is 9.93. The molecule has 0 N–H and O–H groups in total. The zero-order valence-corrected chi connectivity index (χ0v) is 19.4. The number of halogens is 2. The summed E-state index contributed by atoms with van der Waals surface area (Å²) in [4.78, 5) is 25.9. The standard InChI is InChI=1S/C26H16Cl2O4S/c27-19-11-13-23(21(15-19)25(29)17-7-3-1-4-8-17)33(31,32)24-14-12-20(28)16-22(24)26(30)18-9-5-2-6-10-18/h1-16H. The zero-order valence-electron chi connectivity index (χ0n) is 17.0. The van der Waals surface area contributed by atoms with Gasteiger partial charge in [0.1, 0.15) is 0 Å². The first-order chi connectivity index (χ1) is 15.8. The molecule has 0 fully saturated rings. The predicted molar refractivity (Wildman–Crippen MR) is 128 cm³/mol. The van der Waals surface area contributed by atoms with Crippen molar-refractivity contribution < 1.29 is 18.0 Å². The highest BCUT2D eigenvalue weighted by atomic mass is 35.5. The van der Waals surface area contributed by atoms with Crippen LogP contribution in [0.25, 0.3) is 0 Å². The van der Waals surface area contributed by atoms with Gasteiger partial charge in [-0.3, -0.25) is 9.59 Å². The van der Waals surface area contributed by atoms with E-state index in [1.54, 1.807) is 60.7 Å². The average Bonchev–Trinajstić information content (AvgIpc) is 2.83. The number of hydrogen-bond donors (Lipinski definition) is 0. The number of ketones is 2. The molecule has 0 aliphatic rings. The van der Waals surface area contributed by atoms with E-state index in [2.05, 4.69) is 0 Å². The largest absolute Gasteiger partial charge is 0.289 e. The maximum atomic E-state index is 13.8. The van der Waals surface area contributed by atoms with Crippen molar-refractivity contribution >= 4 is 44.6 Å². The van der Waals surface area contributed by atoms with Gasteiger partial charge in [0.15, 0.2) is 11.6 Å². The van der Waals surface area contributed by atoms with E-state index in [1.807, 2.05) is 0 Å². The van der Waals surface area contributed by atoms with Gasteiger partial charge in [0.2, 0.25) is 9.84 Å². The summed E-state index contributed by atoms with van der Waals surface area (Å²) in [6, 6.07) is 24.6. The van der Waals surface area contributed by atoms with Crippen molar-refractivity contribution in [3.05, 3.63) is 129 Å². The van der Waals surface area contributed by atoms with E-state index in [0.29, 0.717) is 11.1 Å². The molecule has 0 aliphatic carbocycles. The van der Waals surface area contributed by atoms with Crippen molar-refractivity contribution in [2.24, 2.45) is 0 Å². The van der Waals surface area contributed by atoms with Crippen LogP contribution in [0.5, 0.6) is 0 Å². The minimum Gasteiger partial charge on any atom is -0.289 e. The van der Waals surface area contributed by atoms with E-state index in [-0.39, 0.29) is 31.0 Å². The Balaban J connectivity index is 1.91. The maximum Gasteiger partial charge on any atom is 0.208 e. The maximum absolute atomic E-state index is 13.8. The Hall–Kier alpha value is -3.25.